The number of piperazine rings is 1. The number of anilines is 1. The van der Waals surface area contributed by atoms with E-state index in [0.717, 1.165) is 57.9 Å². The fourth-order valence-corrected chi connectivity index (χ4v) is 3.80. The SMILES string of the molecule is COCCN1CCC(OC(=O)N2CCN(c3ccc(F)cc3)CC2C)CC1.Cl.Cl. The predicted octanol–water partition coefficient (Wildman–Crippen LogP) is 3.43. The fraction of sp³-hybridized carbons (Fsp3) is 0.650. The number of carbonyl (C=O) groups is 1. The van der Waals surface area contributed by atoms with Crippen molar-refractivity contribution in [1.29, 1.82) is 0 Å². The van der Waals surface area contributed by atoms with Gasteiger partial charge in [-0.3, -0.25) is 0 Å². The van der Waals surface area contributed by atoms with E-state index in [0.29, 0.717) is 6.54 Å². The summed E-state index contributed by atoms with van der Waals surface area (Å²) < 4.78 is 24.0. The molecule has 2 aliphatic rings. The number of hydrogen-bond donors (Lipinski definition) is 0. The van der Waals surface area contributed by atoms with Crippen LogP contribution in [0.15, 0.2) is 24.3 Å². The van der Waals surface area contributed by atoms with Gasteiger partial charge in [0, 0.05) is 58.1 Å². The molecule has 0 saturated carbocycles. The Bertz CT molecular complexity index is 615. The Labute approximate surface area is 185 Å². The van der Waals surface area contributed by atoms with Crippen LogP contribution in [0.25, 0.3) is 0 Å². The Morgan fingerprint density at radius 3 is 2.34 bits per heavy atom. The Morgan fingerprint density at radius 2 is 1.76 bits per heavy atom. The number of likely N-dealkylation sites (tertiary alicyclic amines) is 1. The Morgan fingerprint density at radius 1 is 1.10 bits per heavy atom. The van der Waals surface area contributed by atoms with Crippen molar-refractivity contribution >= 4 is 36.6 Å². The average molecular weight is 452 g/mol. The number of halogens is 3. The number of carbonyl (C=O) groups excluding carboxylic acids is 1. The number of hydrogen-bond acceptors (Lipinski definition) is 5. The number of piperidine rings is 1. The minimum absolute atomic E-state index is 0. The zero-order valence-electron chi connectivity index (χ0n) is 17.1. The van der Waals surface area contributed by atoms with Crippen molar-refractivity contribution in [1.82, 2.24) is 9.80 Å². The van der Waals surface area contributed by atoms with Crippen LogP contribution in [0.2, 0.25) is 0 Å². The van der Waals surface area contributed by atoms with E-state index < -0.39 is 0 Å². The van der Waals surface area contributed by atoms with Gasteiger partial charge in [-0.25, -0.2) is 9.18 Å². The summed E-state index contributed by atoms with van der Waals surface area (Å²) >= 11 is 0. The number of benzene rings is 1. The molecule has 166 valence electrons. The molecule has 3 rings (SSSR count). The van der Waals surface area contributed by atoms with E-state index in [-0.39, 0.29) is 48.9 Å². The van der Waals surface area contributed by atoms with Gasteiger partial charge in [-0.05, 0) is 44.0 Å². The summed E-state index contributed by atoms with van der Waals surface area (Å²) in [5.41, 5.74) is 0.986. The van der Waals surface area contributed by atoms with Crippen LogP contribution < -0.4 is 4.90 Å². The number of methoxy groups -OCH3 is 1. The monoisotopic (exact) mass is 451 g/mol. The molecule has 2 saturated heterocycles. The topological polar surface area (TPSA) is 45.3 Å². The molecular formula is C20H32Cl2FN3O3. The molecule has 29 heavy (non-hydrogen) atoms. The molecular weight excluding hydrogens is 420 g/mol. The van der Waals surface area contributed by atoms with Crippen LogP contribution in [-0.4, -0.2) is 81.0 Å². The standard InChI is InChI=1S/C20H30FN3O3.2ClH/c1-16-15-23(18-5-3-17(21)4-6-18)11-12-24(16)20(25)27-19-7-9-22(10-8-19)13-14-26-2;;/h3-6,16,19H,7-15H2,1-2H3;2*1H. The molecule has 1 atom stereocenters. The Hall–Kier alpha value is -1.28. The van der Waals surface area contributed by atoms with E-state index in [1.807, 2.05) is 11.8 Å². The van der Waals surface area contributed by atoms with E-state index >= 15 is 0 Å². The van der Waals surface area contributed by atoms with Gasteiger partial charge in [0.1, 0.15) is 11.9 Å². The first-order chi connectivity index (χ1) is 13.1. The minimum Gasteiger partial charge on any atom is -0.446 e. The molecule has 9 heteroatoms. The van der Waals surface area contributed by atoms with Gasteiger partial charge in [0.15, 0.2) is 0 Å². The lowest BCUT2D eigenvalue weighted by Gasteiger charge is -2.41. The molecule has 2 aliphatic heterocycles. The lowest BCUT2D eigenvalue weighted by atomic mass is 10.1. The van der Waals surface area contributed by atoms with Crippen molar-refractivity contribution in [3.63, 3.8) is 0 Å². The molecule has 1 amide bonds. The van der Waals surface area contributed by atoms with Crippen LogP contribution >= 0.6 is 24.8 Å². The lowest BCUT2D eigenvalue weighted by molar-refractivity contribution is 0.0166. The molecule has 0 spiro atoms. The number of nitrogens with zero attached hydrogens (tertiary/aromatic N) is 3. The van der Waals surface area contributed by atoms with Gasteiger partial charge in [-0.15, -0.1) is 24.8 Å². The van der Waals surface area contributed by atoms with Crippen molar-refractivity contribution in [2.24, 2.45) is 0 Å². The van der Waals surface area contributed by atoms with Crippen molar-refractivity contribution in [3.05, 3.63) is 30.1 Å². The lowest BCUT2D eigenvalue weighted by Crippen LogP contribution is -2.55. The quantitative estimate of drug-likeness (QED) is 0.685. The largest absolute Gasteiger partial charge is 0.446 e. The summed E-state index contributed by atoms with van der Waals surface area (Å²) in [4.78, 5) is 19.0. The van der Waals surface area contributed by atoms with Gasteiger partial charge in [0.05, 0.1) is 6.61 Å². The maximum absolute atomic E-state index is 13.1. The summed E-state index contributed by atoms with van der Waals surface area (Å²) in [6.07, 6.45) is 1.54. The second kappa shape index (κ2) is 12.4. The normalized spacial score (nSPS) is 20.6. The third kappa shape index (κ3) is 7.17. The van der Waals surface area contributed by atoms with Crippen LogP contribution in [0.3, 0.4) is 0 Å². The summed E-state index contributed by atoms with van der Waals surface area (Å²) in [6, 6.07) is 6.57. The van der Waals surface area contributed by atoms with E-state index in [1.165, 1.54) is 12.1 Å². The number of amides is 1. The molecule has 2 fully saturated rings. The van der Waals surface area contributed by atoms with Crippen LogP contribution in [-0.2, 0) is 9.47 Å². The first-order valence-electron chi connectivity index (χ1n) is 9.76. The van der Waals surface area contributed by atoms with E-state index in [9.17, 15) is 9.18 Å². The maximum Gasteiger partial charge on any atom is 0.410 e. The van der Waals surface area contributed by atoms with E-state index in [1.54, 1.807) is 19.2 Å². The van der Waals surface area contributed by atoms with Crippen LogP contribution in [0.4, 0.5) is 14.9 Å². The van der Waals surface area contributed by atoms with Gasteiger partial charge in [0.2, 0.25) is 0 Å². The van der Waals surface area contributed by atoms with Gasteiger partial charge < -0.3 is 24.2 Å². The molecule has 0 N–H and O–H groups in total. The van der Waals surface area contributed by atoms with E-state index in [2.05, 4.69) is 9.80 Å². The third-order valence-corrected chi connectivity index (χ3v) is 5.47. The summed E-state index contributed by atoms with van der Waals surface area (Å²) in [7, 11) is 1.71. The summed E-state index contributed by atoms with van der Waals surface area (Å²) in [5, 5.41) is 0. The first kappa shape index (κ1) is 25.8. The predicted molar refractivity (Wildman–Crippen MR) is 117 cm³/mol. The van der Waals surface area contributed by atoms with Gasteiger partial charge in [0.25, 0.3) is 0 Å². The fourth-order valence-electron chi connectivity index (χ4n) is 3.80. The highest BCUT2D eigenvalue weighted by Crippen LogP contribution is 2.21. The van der Waals surface area contributed by atoms with Gasteiger partial charge in [-0.2, -0.15) is 0 Å². The molecule has 6 nitrogen and oxygen atoms in total. The molecule has 1 aromatic carbocycles. The molecule has 0 bridgehead atoms. The third-order valence-electron chi connectivity index (χ3n) is 5.47. The average Bonchev–Trinajstić information content (AvgIpc) is 2.68. The second-order valence-electron chi connectivity index (χ2n) is 7.38. The second-order valence-corrected chi connectivity index (χ2v) is 7.38. The number of rotatable bonds is 5. The Kier molecular flexibility index (Phi) is 11.0. The highest BCUT2D eigenvalue weighted by molar-refractivity contribution is 5.85. The molecule has 0 aromatic heterocycles. The summed E-state index contributed by atoms with van der Waals surface area (Å²) in [5.74, 6) is -0.234. The molecule has 1 aromatic rings. The zero-order chi connectivity index (χ0) is 19.2. The van der Waals surface area contributed by atoms with Gasteiger partial charge >= 0.3 is 6.09 Å². The maximum atomic E-state index is 13.1. The number of ether oxygens (including phenoxy) is 2. The van der Waals surface area contributed by atoms with Crippen molar-refractivity contribution in [2.45, 2.75) is 31.9 Å². The van der Waals surface area contributed by atoms with Crippen LogP contribution in [0, 0.1) is 5.82 Å². The van der Waals surface area contributed by atoms with Crippen LogP contribution in [0.1, 0.15) is 19.8 Å². The van der Waals surface area contributed by atoms with E-state index in [4.69, 9.17) is 9.47 Å². The van der Waals surface area contributed by atoms with Crippen LogP contribution in [0.5, 0.6) is 0 Å². The molecule has 2 heterocycles. The Balaban J connectivity index is 0.00000210. The molecule has 1 unspecified atom stereocenters. The highest BCUT2D eigenvalue weighted by Gasteiger charge is 2.31. The molecule has 0 aliphatic carbocycles. The summed E-state index contributed by atoms with van der Waals surface area (Å²) in [6.45, 7) is 7.63. The van der Waals surface area contributed by atoms with Crippen molar-refractivity contribution in [3.8, 4) is 0 Å². The first-order valence-corrected chi connectivity index (χ1v) is 9.76. The minimum atomic E-state index is -0.234. The zero-order valence-corrected chi connectivity index (χ0v) is 18.7. The van der Waals surface area contributed by atoms with Gasteiger partial charge in [-0.1, -0.05) is 0 Å². The van der Waals surface area contributed by atoms with Crippen molar-refractivity contribution < 1.29 is 18.7 Å². The highest BCUT2D eigenvalue weighted by atomic mass is 35.5. The van der Waals surface area contributed by atoms with Crippen molar-refractivity contribution in [2.75, 3.05) is 57.9 Å². The molecule has 0 radical (unpaired) electrons. The smallest absolute Gasteiger partial charge is 0.410 e.